The summed E-state index contributed by atoms with van der Waals surface area (Å²) in [5.74, 6) is 0.801. The quantitative estimate of drug-likeness (QED) is 0.935. The van der Waals surface area contributed by atoms with Gasteiger partial charge in [-0.15, -0.1) is 0 Å². The van der Waals surface area contributed by atoms with Crippen LogP contribution in [-0.2, 0) is 6.54 Å². The molecule has 0 amide bonds. The van der Waals surface area contributed by atoms with E-state index in [2.05, 4.69) is 35.3 Å². The predicted molar refractivity (Wildman–Crippen MR) is 77.8 cm³/mol. The summed E-state index contributed by atoms with van der Waals surface area (Å²) in [6.07, 6.45) is 1.79. The second-order valence-corrected chi connectivity index (χ2v) is 5.42. The van der Waals surface area contributed by atoms with E-state index in [4.69, 9.17) is 11.6 Å². The highest BCUT2D eigenvalue weighted by Gasteiger charge is 2.07. The summed E-state index contributed by atoms with van der Waals surface area (Å²) >= 11 is 6.04. The van der Waals surface area contributed by atoms with Crippen molar-refractivity contribution in [3.63, 3.8) is 0 Å². The normalized spacial score (nSPS) is 11.3. The van der Waals surface area contributed by atoms with Crippen LogP contribution in [0.5, 0.6) is 0 Å². The van der Waals surface area contributed by atoms with Crippen molar-refractivity contribution in [3.8, 4) is 5.82 Å². The van der Waals surface area contributed by atoms with Crippen molar-refractivity contribution in [1.82, 2.24) is 20.1 Å². The molecule has 1 N–H and O–H groups in total. The van der Waals surface area contributed by atoms with Crippen LogP contribution >= 0.6 is 11.6 Å². The van der Waals surface area contributed by atoms with Crippen molar-refractivity contribution in [1.29, 1.82) is 0 Å². The third kappa shape index (κ3) is 3.55. The minimum Gasteiger partial charge on any atom is -0.310 e. The Balaban J connectivity index is 2.30. The van der Waals surface area contributed by atoms with Gasteiger partial charge in [0.2, 0.25) is 0 Å². The maximum Gasteiger partial charge on any atom is 0.153 e. The summed E-state index contributed by atoms with van der Waals surface area (Å²) in [6, 6.07) is 4.57. The number of aromatic nitrogens is 3. The molecule has 2 rings (SSSR count). The van der Waals surface area contributed by atoms with Crippen molar-refractivity contribution >= 4 is 11.6 Å². The van der Waals surface area contributed by atoms with Crippen LogP contribution in [0.15, 0.2) is 18.3 Å². The van der Waals surface area contributed by atoms with Crippen molar-refractivity contribution in [2.45, 2.75) is 40.3 Å². The molecule has 0 aliphatic heterocycles. The van der Waals surface area contributed by atoms with Crippen molar-refractivity contribution in [2.24, 2.45) is 0 Å². The van der Waals surface area contributed by atoms with Gasteiger partial charge in [0.1, 0.15) is 0 Å². The maximum absolute atomic E-state index is 6.04. The Hall–Kier alpha value is -1.39. The topological polar surface area (TPSA) is 42.7 Å². The van der Waals surface area contributed by atoms with Gasteiger partial charge in [0.25, 0.3) is 0 Å². The van der Waals surface area contributed by atoms with E-state index >= 15 is 0 Å². The van der Waals surface area contributed by atoms with E-state index in [1.165, 1.54) is 5.56 Å². The predicted octanol–water partition coefficient (Wildman–Crippen LogP) is 3.04. The zero-order chi connectivity index (χ0) is 14.0. The molecule has 0 saturated heterocycles. The molecular weight excluding hydrogens is 260 g/mol. The van der Waals surface area contributed by atoms with Crippen LogP contribution in [0.2, 0.25) is 5.02 Å². The van der Waals surface area contributed by atoms with Crippen LogP contribution in [0.1, 0.15) is 30.8 Å². The zero-order valence-corrected chi connectivity index (χ0v) is 12.5. The minimum atomic E-state index is 0.457. The minimum absolute atomic E-state index is 0.457. The lowest BCUT2D eigenvalue weighted by Gasteiger charge is -2.10. The number of hydrogen-bond donors (Lipinski definition) is 1. The van der Waals surface area contributed by atoms with E-state index in [1.807, 2.05) is 19.9 Å². The van der Waals surface area contributed by atoms with Crippen LogP contribution in [0, 0.1) is 13.8 Å². The van der Waals surface area contributed by atoms with Gasteiger partial charge in [-0.2, -0.15) is 5.10 Å². The molecule has 19 heavy (non-hydrogen) atoms. The lowest BCUT2D eigenvalue weighted by atomic mass is 10.2. The van der Waals surface area contributed by atoms with E-state index in [1.54, 1.807) is 10.9 Å². The van der Waals surface area contributed by atoms with Gasteiger partial charge in [-0.1, -0.05) is 25.4 Å². The first-order valence-corrected chi connectivity index (χ1v) is 6.76. The van der Waals surface area contributed by atoms with Gasteiger partial charge in [-0.25, -0.2) is 9.67 Å². The van der Waals surface area contributed by atoms with E-state index in [-0.39, 0.29) is 0 Å². The highest BCUT2D eigenvalue weighted by atomic mass is 35.5. The molecule has 0 fully saturated rings. The standard InChI is InChI=1S/C14H19ClN4/c1-9(2)16-7-12-5-10(3)17-14(6-12)19-8-13(15)11(4)18-19/h5-6,8-9,16H,7H2,1-4H3. The number of pyridine rings is 1. The molecule has 2 aromatic heterocycles. The van der Waals surface area contributed by atoms with Gasteiger partial charge in [0, 0.05) is 18.3 Å². The van der Waals surface area contributed by atoms with Crippen molar-refractivity contribution in [2.75, 3.05) is 0 Å². The van der Waals surface area contributed by atoms with Gasteiger partial charge in [-0.3, -0.25) is 0 Å². The fourth-order valence-corrected chi connectivity index (χ4v) is 1.95. The third-order valence-electron chi connectivity index (χ3n) is 2.79. The molecular formula is C14H19ClN4. The van der Waals surface area contributed by atoms with Crippen molar-refractivity contribution in [3.05, 3.63) is 40.3 Å². The van der Waals surface area contributed by atoms with E-state index < -0.39 is 0 Å². The first-order valence-electron chi connectivity index (χ1n) is 6.39. The van der Waals surface area contributed by atoms with Crippen LogP contribution in [0.4, 0.5) is 0 Å². The monoisotopic (exact) mass is 278 g/mol. The van der Waals surface area contributed by atoms with E-state index in [0.29, 0.717) is 11.1 Å². The molecule has 2 aromatic rings. The largest absolute Gasteiger partial charge is 0.310 e. The van der Waals surface area contributed by atoms with Gasteiger partial charge in [-0.05, 0) is 31.5 Å². The molecule has 0 spiro atoms. The number of nitrogens with zero attached hydrogens (tertiary/aromatic N) is 3. The van der Waals surface area contributed by atoms with Crippen LogP contribution < -0.4 is 5.32 Å². The number of nitrogens with one attached hydrogen (secondary N) is 1. The fourth-order valence-electron chi connectivity index (χ4n) is 1.82. The van der Waals surface area contributed by atoms with Crippen LogP contribution in [0.3, 0.4) is 0 Å². The van der Waals surface area contributed by atoms with E-state index in [9.17, 15) is 0 Å². The van der Waals surface area contributed by atoms with Gasteiger partial charge >= 0.3 is 0 Å². The summed E-state index contributed by atoms with van der Waals surface area (Å²) in [5.41, 5.74) is 2.98. The molecule has 0 aliphatic rings. The number of halogens is 1. The van der Waals surface area contributed by atoms with Crippen molar-refractivity contribution < 1.29 is 0 Å². The molecule has 0 atom stereocenters. The fraction of sp³-hybridized carbons (Fsp3) is 0.429. The third-order valence-corrected chi connectivity index (χ3v) is 3.16. The first kappa shape index (κ1) is 14.0. The molecule has 102 valence electrons. The Bertz CT molecular complexity index is 555. The van der Waals surface area contributed by atoms with E-state index in [0.717, 1.165) is 23.8 Å². The molecule has 0 saturated carbocycles. The second kappa shape index (κ2) is 5.72. The highest BCUT2D eigenvalue weighted by molar-refractivity contribution is 6.31. The molecule has 5 heteroatoms. The molecule has 0 aliphatic carbocycles. The first-order chi connectivity index (χ1) is 8.95. The highest BCUT2D eigenvalue weighted by Crippen LogP contribution is 2.16. The zero-order valence-electron chi connectivity index (χ0n) is 11.7. The summed E-state index contributed by atoms with van der Waals surface area (Å²) in [6.45, 7) is 8.95. The Morgan fingerprint density at radius 3 is 2.63 bits per heavy atom. The number of aryl methyl sites for hydroxylation is 2. The second-order valence-electron chi connectivity index (χ2n) is 5.02. The lowest BCUT2D eigenvalue weighted by molar-refractivity contribution is 0.588. The summed E-state index contributed by atoms with van der Waals surface area (Å²) in [7, 11) is 0. The molecule has 2 heterocycles. The van der Waals surface area contributed by atoms with Crippen LogP contribution in [0.25, 0.3) is 5.82 Å². The average Bonchev–Trinajstić information content (AvgIpc) is 2.66. The summed E-state index contributed by atoms with van der Waals surface area (Å²) in [4.78, 5) is 4.50. The smallest absolute Gasteiger partial charge is 0.153 e. The Labute approximate surface area is 118 Å². The maximum atomic E-state index is 6.04. The molecule has 4 nitrogen and oxygen atoms in total. The number of hydrogen-bond acceptors (Lipinski definition) is 3. The van der Waals surface area contributed by atoms with Gasteiger partial charge in [0.05, 0.1) is 16.9 Å². The number of rotatable bonds is 4. The lowest BCUT2D eigenvalue weighted by Crippen LogP contribution is -2.22. The van der Waals surface area contributed by atoms with Crippen LogP contribution in [-0.4, -0.2) is 20.8 Å². The summed E-state index contributed by atoms with van der Waals surface area (Å²) in [5, 5.41) is 8.42. The average molecular weight is 279 g/mol. The molecule has 0 radical (unpaired) electrons. The molecule has 0 unspecified atom stereocenters. The summed E-state index contributed by atoms with van der Waals surface area (Å²) < 4.78 is 1.73. The Morgan fingerprint density at radius 2 is 2.05 bits per heavy atom. The van der Waals surface area contributed by atoms with Gasteiger partial charge in [0.15, 0.2) is 5.82 Å². The molecule has 0 aromatic carbocycles. The molecule has 0 bridgehead atoms. The Morgan fingerprint density at radius 1 is 1.32 bits per heavy atom. The van der Waals surface area contributed by atoms with Gasteiger partial charge < -0.3 is 5.32 Å². The SMILES string of the molecule is Cc1cc(CNC(C)C)cc(-n2cc(Cl)c(C)n2)n1. The Kier molecular flexibility index (Phi) is 4.22.